The van der Waals surface area contributed by atoms with Crippen LogP contribution in [0.4, 0.5) is 18.9 Å². The maximum absolute atomic E-state index is 13.1. The van der Waals surface area contributed by atoms with Gasteiger partial charge in [0.25, 0.3) is 0 Å². The maximum atomic E-state index is 13.1. The van der Waals surface area contributed by atoms with Crippen LogP contribution in [0.15, 0.2) is 47.4 Å². The fraction of sp³-hybridized carbons (Fsp3) is 0.188. The van der Waals surface area contributed by atoms with E-state index in [9.17, 15) is 26.9 Å². The molecule has 0 radical (unpaired) electrons. The third kappa shape index (κ3) is 4.29. The smallest absolute Gasteiger partial charge is 0.369 e. The van der Waals surface area contributed by atoms with Gasteiger partial charge in [-0.2, -0.15) is 18.4 Å². The third-order valence-electron chi connectivity index (χ3n) is 3.56. The first-order valence-corrected chi connectivity index (χ1v) is 8.52. The highest BCUT2D eigenvalue weighted by Gasteiger charge is 2.33. The van der Waals surface area contributed by atoms with Gasteiger partial charge in [0.2, 0.25) is 10.0 Å². The number of halogens is 3. The van der Waals surface area contributed by atoms with E-state index in [1.54, 1.807) is 0 Å². The molecule has 0 saturated heterocycles. The van der Waals surface area contributed by atoms with Crippen molar-refractivity contribution in [2.24, 2.45) is 5.14 Å². The Morgan fingerprint density at radius 3 is 2.40 bits per heavy atom. The van der Waals surface area contributed by atoms with Gasteiger partial charge in [0.05, 0.1) is 21.7 Å². The standard InChI is InChI=1S/C16H14F3N3O2S/c1-22(10-11-4-2-3-5-14(11)16(17,18)19)15-7-6-13(25(21,23)24)8-12(15)9-20/h2-8H,10H2,1H3,(H2,21,23,24). The van der Waals surface area contributed by atoms with Crippen LogP contribution in [-0.2, 0) is 22.7 Å². The van der Waals surface area contributed by atoms with E-state index in [0.717, 1.165) is 12.1 Å². The Morgan fingerprint density at radius 1 is 1.20 bits per heavy atom. The molecule has 9 heteroatoms. The van der Waals surface area contributed by atoms with Gasteiger partial charge in [-0.3, -0.25) is 0 Å². The Balaban J connectivity index is 2.41. The average Bonchev–Trinajstić information content (AvgIpc) is 2.52. The third-order valence-corrected chi connectivity index (χ3v) is 4.47. The number of anilines is 1. The van der Waals surface area contributed by atoms with Gasteiger partial charge in [0.1, 0.15) is 6.07 Å². The van der Waals surface area contributed by atoms with Crippen molar-refractivity contribution in [3.63, 3.8) is 0 Å². The predicted molar refractivity (Wildman–Crippen MR) is 86.1 cm³/mol. The number of hydrogen-bond donors (Lipinski definition) is 1. The minimum Gasteiger partial charge on any atom is -0.369 e. The zero-order chi connectivity index (χ0) is 18.8. The molecule has 0 aliphatic heterocycles. The summed E-state index contributed by atoms with van der Waals surface area (Å²) >= 11 is 0. The predicted octanol–water partition coefficient (Wildman–Crippen LogP) is 2.86. The lowest BCUT2D eigenvalue weighted by Crippen LogP contribution is -2.21. The summed E-state index contributed by atoms with van der Waals surface area (Å²) in [7, 11) is -2.47. The van der Waals surface area contributed by atoms with Gasteiger partial charge in [0.15, 0.2) is 0 Å². The molecule has 0 bridgehead atoms. The molecule has 0 fully saturated rings. The molecule has 0 aliphatic rings. The number of alkyl halides is 3. The lowest BCUT2D eigenvalue weighted by molar-refractivity contribution is -0.138. The minimum atomic E-state index is -4.49. The van der Waals surface area contributed by atoms with Crippen LogP contribution in [0.1, 0.15) is 16.7 Å². The number of nitrogens with two attached hydrogens (primary N) is 1. The highest BCUT2D eigenvalue weighted by atomic mass is 32.2. The lowest BCUT2D eigenvalue weighted by atomic mass is 10.1. The molecule has 5 nitrogen and oxygen atoms in total. The summed E-state index contributed by atoms with van der Waals surface area (Å²) in [6, 6.07) is 10.6. The first-order chi connectivity index (χ1) is 11.5. The van der Waals surface area contributed by atoms with Gasteiger partial charge in [-0.25, -0.2) is 13.6 Å². The largest absolute Gasteiger partial charge is 0.416 e. The molecule has 0 saturated carbocycles. The van der Waals surface area contributed by atoms with Gasteiger partial charge < -0.3 is 4.90 Å². The Kier molecular flexibility index (Phi) is 5.06. The lowest BCUT2D eigenvalue weighted by Gasteiger charge is -2.23. The summed E-state index contributed by atoms with van der Waals surface area (Å²) in [5.41, 5.74) is -0.427. The first kappa shape index (κ1) is 18.8. The zero-order valence-electron chi connectivity index (χ0n) is 13.1. The fourth-order valence-electron chi connectivity index (χ4n) is 2.39. The van der Waals surface area contributed by atoms with Gasteiger partial charge in [-0.05, 0) is 29.8 Å². The molecular formula is C16H14F3N3O2S. The van der Waals surface area contributed by atoms with Gasteiger partial charge in [-0.15, -0.1) is 0 Å². The summed E-state index contributed by atoms with van der Waals surface area (Å²) in [4.78, 5) is 1.20. The fourth-order valence-corrected chi connectivity index (χ4v) is 2.93. The zero-order valence-corrected chi connectivity index (χ0v) is 13.9. The monoisotopic (exact) mass is 369 g/mol. The van der Waals surface area contributed by atoms with Crippen molar-refractivity contribution >= 4 is 15.7 Å². The summed E-state index contributed by atoms with van der Waals surface area (Å²) in [5, 5.41) is 14.2. The molecule has 2 aromatic carbocycles. The van der Waals surface area contributed by atoms with Crippen LogP contribution in [-0.4, -0.2) is 15.5 Å². The Morgan fingerprint density at radius 2 is 1.84 bits per heavy atom. The second-order valence-corrected chi connectivity index (χ2v) is 6.91. The summed E-state index contributed by atoms with van der Waals surface area (Å²) < 4.78 is 62.0. The number of benzene rings is 2. The van der Waals surface area contributed by atoms with Crippen LogP contribution in [0.25, 0.3) is 0 Å². The van der Waals surface area contributed by atoms with E-state index >= 15 is 0 Å². The van der Waals surface area contributed by atoms with Crippen molar-refractivity contribution in [3.05, 3.63) is 59.2 Å². The van der Waals surface area contributed by atoms with Crippen molar-refractivity contribution in [1.82, 2.24) is 0 Å². The Labute approximate surface area is 143 Å². The molecule has 0 unspecified atom stereocenters. The van der Waals surface area contributed by atoms with Gasteiger partial charge in [0, 0.05) is 13.6 Å². The summed E-state index contributed by atoms with van der Waals surface area (Å²) in [6.45, 7) is -0.112. The van der Waals surface area contributed by atoms with Crippen molar-refractivity contribution in [2.75, 3.05) is 11.9 Å². The molecule has 0 amide bonds. The van der Waals surface area contributed by atoms with E-state index in [4.69, 9.17) is 5.14 Å². The SMILES string of the molecule is CN(Cc1ccccc1C(F)(F)F)c1ccc(S(N)(=O)=O)cc1C#N. The van der Waals surface area contributed by atoms with Crippen LogP contribution in [0.3, 0.4) is 0 Å². The van der Waals surface area contributed by atoms with E-state index in [-0.39, 0.29) is 22.6 Å². The second kappa shape index (κ2) is 6.74. The second-order valence-electron chi connectivity index (χ2n) is 5.35. The topological polar surface area (TPSA) is 87.2 Å². The molecule has 2 aromatic rings. The van der Waals surface area contributed by atoms with Gasteiger partial charge in [-0.1, -0.05) is 18.2 Å². The molecule has 132 valence electrons. The van der Waals surface area contributed by atoms with Crippen LogP contribution in [0.2, 0.25) is 0 Å². The normalized spacial score (nSPS) is 11.8. The minimum absolute atomic E-state index is 0.00138. The van der Waals surface area contributed by atoms with E-state index in [1.165, 1.54) is 42.3 Å². The quantitative estimate of drug-likeness (QED) is 0.898. The summed E-state index contributed by atoms with van der Waals surface area (Å²) in [5.74, 6) is 0. The van der Waals surface area contributed by atoms with Crippen molar-refractivity contribution in [3.8, 4) is 6.07 Å². The highest BCUT2D eigenvalue weighted by Crippen LogP contribution is 2.33. The number of rotatable bonds is 4. The first-order valence-electron chi connectivity index (χ1n) is 6.97. The Bertz CT molecular complexity index is 934. The number of nitrogens with zero attached hydrogens (tertiary/aromatic N) is 2. The van der Waals surface area contributed by atoms with Crippen LogP contribution in [0.5, 0.6) is 0 Å². The molecule has 0 heterocycles. The molecule has 0 aliphatic carbocycles. The van der Waals surface area contributed by atoms with Gasteiger partial charge >= 0.3 is 6.18 Å². The van der Waals surface area contributed by atoms with Crippen LogP contribution < -0.4 is 10.0 Å². The molecule has 2 N–H and O–H groups in total. The molecule has 0 spiro atoms. The van der Waals surface area contributed by atoms with Crippen molar-refractivity contribution in [1.29, 1.82) is 5.26 Å². The van der Waals surface area contributed by atoms with E-state index < -0.39 is 21.8 Å². The molecule has 0 aromatic heterocycles. The average molecular weight is 369 g/mol. The molecule has 0 atom stereocenters. The summed E-state index contributed by atoms with van der Waals surface area (Å²) in [6.07, 6.45) is -4.49. The van der Waals surface area contributed by atoms with E-state index in [0.29, 0.717) is 5.69 Å². The molecular weight excluding hydrogens is 355 g/mol. The number of hydrogen-bond acceptors (Lipinski definition) is 4. The van der Waals surface area contributed by atoms with Crippen LogP contribution in [0, 0.1) is 11.3 Å². The van der Waals surface area contributed by atoms with E-state index in [1.807, 2.05) is 6.07 Å². The number of nitriles is 1. The number of sulfonamides is 1. The van der Waals surface area contributed by atoms with Crippen LogP contribution >= 0.6 is 0 Å². The van der Waals surface area contributed by atoms with E-state index in [2.05, 4.69) is 0 Å². The maximum Gasteiger partial charge on any atom is 0.416 e. The Hall–Kier alpha value is -2.57. The highest BCUT2D eigenvalue weighted by molar-refractivity contribution is 7.89. The van der Waals surface area contributed by atoms with Crippen molar-refractivity contribution in [2.45, 2.75) is 17.6 Å². The van der Waals surface area contributed by atoms with Crippen molar-refractivity contribution < 1.29 is 21.6 Å². The molecule has 25 heavy (non-hydrogen) atoms. The number of primary sulfonamides is 1. The molecule has 2 rings (SSSR count).